The summed E-state index contributed by atoms with van der Waals surface area (Å²) in [5.74, 6) is 2.96. The zero-order chi connectivity index (χ0) is 19.6. The van der Waals surface area contributed by atoms with Crippen molar-refractivity contribution in [1.82, 2.24) is 0 Å². The van der Waals surface area contributed by atoms with Gasteiger partial charge in [-0.3, -0.25) is 0 Å². The second kappa shape index (κ2) is 6.57. The summed E-state index contributed by atoms with van der Waals surface area (Å²) < 4.78 is 0. The van der Waals surface area contributed by atoms with Crippen LogP contribution in [0, 0.1) is 34.5 Å². The largest absolute Gasteiger partial charge is 0.393 e. The molecule has 2 nitrogen and oxygen atoms in total. The predicted octanol–water partition coefficient (Wildman–Crippen LogP) is 5.36. The normalized spacial score (nSPS) is 50.5. The van der Waals surface area contributed by atoms with E-state index in [0.717, 1.165) is 37.5 Å². The third kappa shape index (κ3) is 2.67. The van der Waals surface area contributed by atoms with Gasteiger partial charge in [-0.2, -0.15) is 0 Å². The summed E-state index contributed by atoms with van der Waals surface area (Å²) in [7, 11) is 0. The molecule has 0 spiro atoms. The summed E-state index contributed by atoms with van der Waals surface area (Å²) in [5, 5.41) is 22.1. The van der Waals surface area contributed by atoms with Crippen LogP contribution in [-0.4, -0.2) is 21.9 Å². The lowest BCUT2D eigenvalue weighted by atomic mass is 9.44. The number of hydrogen-bond acceptors (Lipinski definition) is 2. The lowest BCUT2D eigenvalue weighted by molar-refractivity contribution is -0.158. The Kier molecular flexibility index (Phi) is 4.49. The zero-order valence-electron chi connectivity index (χ0n) is 17.7. The summed E-state index contributed by atoms with van der Waals surface area (Å²) >= 11 is 0. The molecule has 1 aromatic rings. The van der Waals surface area contributed by atoms with E-state index in [1.54, 1.807) is 0 Å². The number of hydrogen-bond donors (Lipinski definition) is 2. The summed E-state index contributed by atoms with van der Waals surface area (Å²) in [6, 6.07) is 10.6. The minimum Gasteiger partial charge on any atom is -0.393 e. The molecule has 0 bridgehead atoms. The van der Waals surface area contributed by atoms with Crippen molar-refractivity contribution in [2.75, 3.05) is 0 Å². The van der Waals surface area contributed by atoms with Crippen LogP contribution < -0.4 is 0 Å². The molecule has 2 heteroatoms. The Morgan fingerprint density at radius 3 is 2.43 bits per heavy atom. The van der Waals surface area contributed by atoms with E-state index < -0.39 is 5.60 Å². The SMILES string of the molecule is C[C@]12CC[C@@H](O)CC1CC[C@@H]1[C@@H]2CC[C@@]2(C)[C@H]1CC[C@@]2(O)Cc1ccccc1. The fourth-order valence-electron chi connectivity index (χ4n) is 8.57. The fourth-order valence-corrected chi connectivity index (χ4v) is 8.57. The van der Waals surface area contributed by atoms with Gasteiger partial charge < -0.3 is 10.2 Å². The van der Waals surface area contributed by atoms with Gasteiger partial charge in [-0.25, -0.2) is 0 Å². The van der Waals surface area contributed by atoms with Crippen molar-refractivity contribution in [1.29, 1.82) is 0 Å². The summed E-state index contributed by atoms with van der Waals surface area (Å²) in [5.41, 5.74) is 1.21. The molecule has 8 atom stereocenters. The van der Waals surface area contributed by atoms with Crippen LogP contribution in [0.1, 0.15) is 77.2 Å². The van der Waals surface area contributed by atoms with Crippen LogP contribution in [0.25, 0.3) is 0 Å². The number of aliphatic hydroxyl groups excluding tert-OH is 1. The predicted molar refractivity (Wildman–Crippen MR) is 113 cm³/mol. The summed E-state index contributed by atoms with van der Waals surface area (Å²) in [4.78, 5) is 0. The first-order chi connectivity index (χ1) is 13.4. The minimum absolute atomic E-state index is 0.0569. The molecule has 0 aliphatic heterocycles. The van der Waals surface area contributed by atoms with E-state index in [0.29, 0.717) is 17.3 Å². The topological polar surface area (TPSA) is 40.5 Å². The maximum atomic E-state index is 11.9. The molecule has 4 saturated carbocycles. The van der Waals surface area contributed by atoms with Gasteiger partial charge in [0.15, 0.2) is 0 Å². The van der Waals surface area contributed by atoms with E-state index >= 15 is 0 Å². The average Bonchev–Trinajstić information content (AvgIpc) is 2.94. The molecule has 154 valence electrons. The molecule has 0 radical (unpaired) electrons. The van der Waals surface area contributed by atoms with E-state index in [4.69, 9.17) is 0 Å². The third-order valence-corrected chi connectivity index (χ3v) is 10.3. The van der Waals surface area contributed by atoms with Gasteiger partial charge in [-0.1, -0.05) is 44.2 Å². The Balaban J connectivity index is 1.41. The Labute approximate surface area is 170 Å². The van der Waals surface area contributed by atoms with E-state index in [1.165, 1.54) is 44.1 Å². The van der Waals surface area contributed by atoms with E-state index in [9.17, 15) is 10.2 Å². The molecule has 2 N–H and O–H groups in total. The molecular weight excluding hydrogens is 344 g/mol. The first-order valence-electron chi connectivity index (χ1n) is 11.8. The maximum Gasteiger partial charge on any atom is 0.0744 e. The molecule has 4 aliphatic carbocycles. The van der Waals surface area contributed by atoms with Crippen LogP contribution in [0.5, 0.6) is 0 Å². The quantitative estimate of drug-likeness (QED) is 0.722. The van der Waals surface area contributed by atoms with Crippen molar-refractivity contribution >= 4 is 0 Å². The van der Waals surface area contributed by atoms with Gasteiger partial charge in [0.05, 0.1) is 11.7 Å². The molecule has 0 saturated heterocycles. The van der Waals surface area contributed by atoms with Crippen LogP contribution in [0.3, 0.4) is 0 Å². The molecular formula is C26H38O2. The molecule has 5 rings (SSSR count). The number of rotatable bonds is 2. The van der Waals surface area contributed by atoms with Gasteiger partial charge in [-0.05, 0) is 97.9 Å². The van der Waals surface area contributed by atoms with Gasteiger partial charge in [-0.15, -0.1) is 0 Å². The molecule has 4 aliphatic rings. The van der Waals surface area contributed by atoms with E-state index in [1.807, 2.05) is 0 Å². The van der Waals surface area contributed by atoms with Gasteiger partial charge in [0, 0.05) is 6.42 Å². The Bertz CT molecular complexity index is 716. The van der Waals surface area contributed by atoms with E-state index in [-0.39, 0.29) is 11.5 Å². The molecule has 28 heavy (non-hydrogen) atoms. The summed E-state index contributed by atoms with van der Waals surface area (Å²) in [6.07, 6.45) is 11.2. The van der Waals surface area contributed by atoms with Crippen molar-refractivity contribution in [2.45, 2.75) is 89.8 Å². The van der Waals surface area contributed by atoms with Crippen LogP contribution in [-0.2, 0) is 6.42 Å². The molecule has 4 fully saturated rings. The van der Waals surface area contributed by atoms with Crippen molar-refractivity contribution in [3.63, 3.8) is 0 Å². The van der Waals surface area contributed by atoms with Crippen LogP contribution in [0.15, 0.2) is 30.3 Å². The highest BCUT2D eigenvalue weighted by Crippen LogP contribution is 2.68. The van der Waals surface area contributed by atoms with Crippen LogP contribution >= 0.6 is 0 Å². The second-order valence-corrected chi connectivity index (χ2v) is 11.3. The first-order valence-corrected chi connectivity index (χ1v) is 11.8. The zero-order valence-corrected chi connectivity index (χ0v) is 17.7. The highest BCUT2D eigenvalue weighted by Gasteiger charge is 2.64. The molecule has 1 aromatic carbocycles. The van der Waals surface area contributed by atoms with Crippen molar-refractivity contribution in [2.24, 2.45) is 34.5 Å². The second-order valence-electron chi connectivity index (χ2n) is 11.3. The lowest BCUT2D eigenvalue weighted by Gasteiger charge is -2.61. The summed E-state index contributed by atoms with van der Waals surface area (Å²) in [6.45, 7) is 4.97. The monoisotopic (exact) mass is 382 g/mol. The van der Waals surface area contributed by atoms with Gasteiger partial charge in [0.2, 0.25) is 0 Å². The van der Waals surface area contributed by atoms with Crippen LogP contribution in [0.2, 0.25) is 0 Å². The van der Waals surface area contributed by atoms with Gasteiger partial charge in [0.25, 0.3) is 0 Å². The fraction of sp³-hybridized carbons (Fsp3) is 0.769. The van der Waals surface area contributed by atoms with Gasteiger partial charge >= 0.3 is 0 Å². The third-order valence-electron chi connectivity index (χ3n) is 10.3. The van der Waals surface area contributed by atoms with Gasteiger partial charge in [0.1, 0.15) is 0 Å². The lowest BCUT2D eigenvalue weighted by Crippen LogP contribution is -2.57. The van der Waals surface area contributed by atoms with Crippen LogP contribution in [0.4, 0.5) is 0 Å². The Morgan fingerprint density at radius 2 is 1.64 bits per heavy atom. The number of aliphatic hydroxyl groups is 2. The van der Waals surface area contributed by atoms with Crippen molar-refractivity contribution in [3.05, 3.63) is 35.9 Å². The Hall–Kier alpha value is -0.860. The smallest absolute Gasteiger partial charge is 0.0744 e. The first kappa shape index (κ1) is 19.1. The molecule has 0 aromatic heterocycles. The van der Waals surface area contributed by atoms with E-state index in [2.05, 4.69) is 44.2 Å². The molecule has 0 heterocycles. The standard InChI is InChI=1S/C26H38O2/c1-24-13-10-20(27)16-19(24)8-9-21-22(24)11-14-25(2)23(21)12-15-26(25,28)17-18-6-4-3-5-7-18/h3-7,19-23,27-28H,8-17H2,1-2H3/t19?,20-,21-,22+,23+,24+,25+,26-/m1/s1. The Morgan fingerprint density at radius 1 is 0.893 bits per heavy atom. The molecule has 0 amide bonds. The highest BCUT2D eigenvalue weighted by atomic mass is 16.3. The number of benzene rings is 1. The average molecular weight is 383 g/mol. The van der Waals surface area contributed by atoms with Crippen molar-refractivity contribution in [3.8, 4) is 0 Å². The highest BCUT2D eigenvalue weighted by molar-refractivity contribution is 5.22. The number of fused-ring (bicyclic) bond motifs is 5. The van der Waals surface area contributed by atoms with Crippen molar-refractivity contribution < 1.29 is 10.2 Å². The molecule has 1 unspecified atom stereocenters. The maximum absolute atomic E-state index is 11.9. The minimum atomic E-state index is -0.551.